The maximum absolute atomic E-state index is 12.5. The number of fused-ring (bicyclic) bond motifs is 1. The third kappa shape index (κ3) is 4.03. The molecule has 0 unspecified atom stereocenters. The summed E-state index contributed by atoms with van der Waals surface area (Å²) in [5, 5.41) is 10.8. The molecule has 1 aliphatic rings. The van der Waals surface area contributed by atoms with E-state index in [9.17, 15) is 9.90 Å². The van der Waals surface area contributed by atoms with Crippen molar-refractivity contribution in [2.45, 2.75) is 13.0 Å². The van der Waals surface area contributed by atoms with E-state index < -0.39 is 5.41 Å². The van der Waals surface area contributed by atoms with E-state index in [0.717, 1.165) is 34.3 Å². The van der Waals surface area contributed by atoms with Crippen LogP contribution in [-0.2, 0) is 11.3 Å². The van der Waals surface area contributed by atoms with Gasteiger partial charge in [-0.05, 0) is 44.3 Å². The van der Waals surface area contributed by atoms with Crippen LogP contribution in [0, 0.1) is 17.3 Å². The van der Waals surface area contributed by atoms with Crippen molar-refractivity contribution in [2.24, 2.45) is 5.41 Å². The minimum atomic E-state index is -1.02. The van der Waals surface area contributed by atoms with Gasteiger partial charge in [0.15, 0.2) is 0 Å². The van der Waals surface area contributed by atoms with Gasteiger partial charge in [0.1, 0.15) is 16.7 Å². The number of hydrogen-bond acceptors (Lipinski definition) is 6. The molecule has 3 N–H and O–H groups in total. The van der Waals surface area contributed by atoms with Gasteiger partial charge in [0.2, 0.25) is 5.91 Å². The Hall–Kier alpha value is -3.47. The lowest BCUT2D eigenvalue weighted by Gasteiger charge is -2.17. The van der Waals surface area contributed by atoms with E-state index in [1.54, 1.807) is 18.1 Å². The maximum atomic E-state index is 12.5. The fourth-order valence-electron chi connectivity index (χ4n) is 4.00. The Balaban J connectivity index is 1.70. The fraction of sp³-hybridized carbons (Fsp3) is 0.320. The van der Waals surface area contributed by atoms with Crippen molar-refractivity contribution in [3.63, 3.8) is 0 Å². The van der Waals surface area contributed by atoms with E-state index in [0.29, 0.717) is 24.3 Å². The van der Waals surface area contributed by atoms with E-state index in [1.165, 1.54) is 0 Å². The van der Waals surface area contributed by atoms with Crippen LogP contribution in [0.3, 0.4) is 0 Å². The molecule has 32 heavy (non-hydrogen) atoms. The van der Waals surface area contributed by atoms with E-state index in [2.05, 4.69) is 21.7 Å². The summed E-state index contributed by atoms with van der Waals surface area (Å²) in [6.07, 6.45) is 2.33. The fourth-order valence-corrected chi connectivity index (χ4v) is 4.00. The van der Waals surface area contributed by atoms with E-state index in [1.807, 2.05) is 50.5 Å². The van der Waals surface area contributed by atoms with Gasteiger partial charge in [-0.3, -0.25) is 4.79 Å². The van der Waals surface area contributed by atoms with Crippen molar-refractivity contribution in [2.75, 3.05) is 40.0 Å². The second kappa shape index (κ2) is 8.58. The molecule has 3 heterocycles. The van der Waals surface area contributed by atoms with E-state index >= 15 is 0 Å². The highest BCUT2D eigenvalue weighted by Crippen LogP contribution is 2.30. The number of amides is 1. The largest absolute Gasteiger partial charge is 0.394 e. The van der Waals surface area contributed by atoms with Crippen molar-refractivity contribution in [3.8, 4) is 23.1 Å². The zero-order valence-electron chi connectivity index (χ0n) is 18.6. The molecule has 1 atom stereocenters. The highest BCUT2D eigenvalue weighted by molar-refractivity contribution is 5.91. The minimum Gasteiger partial charge on any atom is -0.394 e. The lowest BCUT2D eigenvalue weighted by Crippen LogP contribution is -2.34. The summed E-state index contributed by atoms with van der Waals surface area (Å²) in [7, 11) is 5.75. The van der Waals surface area contributed by atoms with Crippen LogP contribution < -0.4 is 5.73 Å². The van der Waals surface area contributed by atoms with Crippen LogP contribution in [0.2, 0.25) is 0 Å². The zero-order chi connectivity index (χ0) is 22.9. The number of anilines is 1. The Kier molecular flexibility index (Phi) is 5.83. The van der Waals surface area contributed by atoms with Gasteiger partial charge in [0.05, 0.1) is 12.3 Å². The van der Waals surface area contributed by atoms with Gasteiger partial charge in [-0.2, -0.15) is 0 Å². The Morgan fingerprint density at radius 1 is 1.28 bits per heavy atom. The molecule has 0 saturated carbocycles. The summed E-state index contributed by atoms with van der Waals surface area (Å²) >= 11 is 0. The van der Waals surface area contributed by atoms with Crippen molar-refractivity contribution in [3.05, 3.63) is 53.7 Å². The van der Waals surface area contributed by atoms with Crippen molar-refractivity contribution in [1.82, 2.24) is 19.8 Å². The van der Waals surface area contributed by atoms with Gasteiger partial charge in [0, 0.05) is 42.8 Å². The van der Waals surface area contributed by atoms with Gasteiger partial charge in [-0.25, -0.2) is 9.97 Å². The molecule has 3 aromatic rings. The van der Waals surface area contributed by atoms with Crippen LogP contribution in [0.1, 0.15) is 17.5 Å². The molecule has 1 aliphatic heterocycles. The molecular weight excluding hydrogens is 402 g/mol. The molecular formula is C25H27N5O2. The molecule has 2 aromatic heterocycles. The quantitative estimate of drug-likeness (QED) is 0.617. The minimum absolute atomic E-state index is 0.128. The number of aliphatic hydroxyl groups excluding tert-OH is 1. The first-order valence-corrected chi connectivity index (χ1v) is 10.5. The lowest BCUT2D eigenvalue weighted by atomic mass is 9.87. The van der Waals surface area contributed by atoms with E-state index in [-0.39, 0.29) is 12.5 Å². The molecule has 0 radical (unpaired) electrons. The number of hydrogen-bond donors (Lipinski definition) is 2. The molecule has 7 nitrogen and oxygen atoms in total. The molecule has 1 fully saturated rings. The molecule has 0 aliphatic carbocycles. The summed E-state index contributed by atoms with van der Waals surface area (Å²) in [5.74, 6) is 6.40. The predicted molar refractivity (Wildman–Crippen MR) is 125 cm³/mol. The lowest BCUT2D eigenvalue weighted by molar-refractivity contribution is -0.133. The van der Waals surface area contributed by atoms with Gasteiger partial charge in [-0.15, -0.1) is 0 Å². The van der Waals surface area contributed by atoms with Crippen molar-refractivity contribution < 1.29 is 9.90 Å². The molecule has 7 heteroatoms. The van der Waals surface area contributed by atoms with Gasteiger partial charge in [0.25, 0.3) is 0 Å². The number of likely N-dealkylation sites (tertiary alicyclic amines) is 1. The summed E-state index contributed by atoms with van der Waals surface area (Å²) in [4.78, 5) is 25.3. The second-order valence-electron chi connectivity index (χ2n) is 8.55. The first-order chi connectivity index (χ1) is 15.3. The third-order valence-corrected chi connectivity index (χ3v) is 5.83. The number of nitrogens with zero attached hydrogens (tertiary/aromatic N) is 4. The van der Waals surface area contributed by atoms with Gasteiger partial charge >= 0.3 is 0 Å². The van der Waals surface area contributed by atoms with Crippen LogP contribution in [-0.4, -0.2) is 65.1 Å². The first-order valence-electron chi connectivity index (χ1n) is 10.5. The van der Waals surface area contributed by atoms with Crippen LogP contribution in [0.5, 0.6) is 0 Å². The number of carbonyl (C=O) groups excluding carboxylic acids is 1. The molecule has 0 spiro atoms. The average Bonchev–Trinajstić information content (AvgIpc) is 3.08. The number of nitrogen functional groups attached to an aromatic ring is 1. The Morgan fingerprint density at radius 2 is 2.09 bits per heavy atom. The zero-order valence-corrected chi connectivity index (χ0v) is 18.6. The number of aliphatic hydroxyl groups is 1. The highest BCUT2D eigenvalue weighted by atomic mass is 16.3. The van der Waals surface area contributed by atoms with E-state index in [4.69, 9.17) is 10.7 Å². The topological polar surface area (TPSA) is 95.6 Å². The summed E-state index contributed by atoms with van der Waals surface area (Å²) < 4.78 is 0. The number of pyridine rings is 2. The highest BCUT2D eigenvalue weighted by Gasteiger charge is 2.43. The van der Waals surface area contributed by atoms with Crippen LogP contribution >= 0.6 is 0 Å². The van der Waals surface area contributed by atoms with Crippen molar-refractivity contribution >= 4 is 22.6 Å². The molecule has 1 saturated heterocycles. The summed E-state index contributed by atoms with van der Waals surface area (Å²) in [6, 6.07) is 11.7. The molecule has 164 valence electrons. The normalized spacial score (nSPS) is 18.3. The Labute approximate surface area is 187 Å². The van der Waals surface area contributed by atoms with Crippen LogP contribution in [0.25, 0.3) is 22.2 Å². The molecule has 0 bridgehead atoms. The standard InChI is InChI=1S/C25H27N5O2/c1-29(2)15-19-14-27-23(26)22-20(19)7-8-21(28-22)18-6-4-5-17(13-18)9-10-25(16-31)11-12-30(3)24(25)32/h4-8,13-14,31H,11-12,15-16H2,1-3H3,(H2,26,27)/t25-/m1/s1. The maximum Gasteiger partial charge on any atom is 0.243 e. The second-order valence-corrected chi connectivity index (χ2v) is 8.55. The number of carbonyl (C=O) groups is 1. The molecule has 1 amide bonds. The number of rotatable bonds is 4. The van der Waals surface area contributed by atoms with Gasteiger partial charge in [-0.1, -0.05) is 30.0 Å². The SMILES string of the molecule is CN(C)Cc1cnc(N)c2nc(-c3cccc(C#C[C@]4(CO)CCN(C)C4=O)c3)ccc12. The summed E-state index contributed by atoms with van der Waals surface area (Å²) in [6.45, 7) is 1.06. The van der Waals surface area contributed by atoms with Gasteiger partial charge < -0.3 is 20.6 Å². The van der Waals surface area contributed by atoms with Crippen LogP contribution in [0.4, 0.5) is 5.82 Å². The molecule has 1 aromatic carbocycles. The number of aromatic nitrogens is 2. The smallest absolute Gasteiger partial charge is 0.243 e. The monoisotopic (exact) mass is 429 g/mol. The number of nitrogens with two attached hydrogens (primary N) is 1. The first kappa shape index (κ1) is 21.8. The number of benzene rings is 1. The Morgan fingerprint density at radius 3 is 2.78 bits per heavy atom. The van der Waals surface area contributed by atoms with Crippen molar-refractivity contribution in [1.29, 1.82) is 0 Å². The summed E-state index contributed by atoms with van der Waals surface area (Å²) in [5.41, 5.74) is 9.28. The third-order valence-electron chi connectivity index (χ3n) is 5.83. The van der Waals surface area contributed by atoms with Crippen LogP contribution in [0.15, 0.2) is 42.6 Å². The predicted octanol–water partition coefficient (Wildman–Crippen LogP) is 2.13. The average molecular weight is 430 g/mol. The Bertz CT molecular complexity index is 1240. The molecule has 4 rings (SSSR count).